The maximum atomic E-state index is 10.8. The van der Waals surface area contributed by atoms with E-state index in [0.717, 1.165) is 0 Å². The molecule has 1 fully saturated rings. The second kappa shape index (κ2) is 3.54. The molecule has 0 atom stereocenters. The second-order valence-corrected chi connectivity index (χ2v) is 2.90. The number of hydrogen-bond acceptors (Lipinski definition) is 6. The van der Waals surface area contributed by atoms with Crippen LogP contribution in [0.15, 0.2) is 24.3 Å². The van der Waals surface area contributed by atoms with E-state index in [9.17, 15) is 14.9 Å². The topological polar surface area (TPSA) is 84.7 Å². The van der Waals surface area contributed by atoms with Crippen LogP contribution in [0.25, 0.3) is 0 Å². The summed E-state index contributed by atoms with van der Waals surface area (Å²) in [5.74, 6) is -0.479. The van der Waals surface area contributed by atoms with E-state index in [2.05, 4.69) is 10.4 Å². The summed E-state index contributed by atoms with van der Waals surface area (Å²) in [5, 5.41) is 12.0. The number of nitrogens with zero attached hydrogens (tertiary/aromatic N) is 2. The van der Waals surface area contributed by atoms with Gasteiger partial charge < -0.3 is 4.84 Å². The lowest BCUT2D eigenvalue weighted by Crippen LogP contribution is -2.30. The molecule has 0 unspecified atom stereocenters. The van der Waals surface area contributed by atoms with Gasteiger partial charge in [-0.3, -0.25) is 15.1 Å². The van der Waals surface area contributed by atoms with Crippen LogP contribution in [-0.4, -0.2) is 17.4 Å². The van der Waals surface area contributed by atoms with Crippen molar-refractivity contribution in [3.8, 4) is 0 Å². The van der Waals surface area contributed by atoms with Crippen LogP contribution in [0.3, 0.4) is 0 Å². The zero-order valence-corrected chi connectivity index (χ0v) is 7.54. The fourth-order valence-electron chi connectivity index (χ4n) is 1.28. The molecule has 1 aliphatic heterocycles. The van der Waals surface area contributed by atoms with Crippen LogP contribution in [0.2, 0.25) is 0 Å². The smallest absolute Gasteiger partial charge is 0.347 e. The summed E-state index contributed by atoms with van der Waals surface area (Å²) in [4.78, 5) is 25.5. The molecule has 1 N–H and O–H groups in total. The Hall–Kier alpha value is -2.15. The van der Waals surface area contributed by atoms with Crippen LogP contribution in [0.4, 0.5) is 11.4 Å². The average Bonchev–Trinajstić information content (AvgIpc) is 2.65. The van der Waals surface area contributed by atoms with Crippen molar-refractivity contribution in [1.29, 1.82) is 0 Å². The number of benzene rings is 1. The summed E-state index contributed by atoms with van der Waals surface area (Å²) >= 11 is 0. The molecule has 0 saturated carbocycles. The summed E-state index contributed by atoms with van der Waals surface area (Å²) in [6, 6.07) is 6.10. The molecule has 0 aromatic heterocycles. The average molecular weight is 209 g/mol. The minimum absolute atomic E-state index is 0.0507. The number of carbonyl (C=O) groups excluding carboxylic acids is 1. The van der Waals surface area contributed by atoms with Crippen molar-refractivity contribution in [3.05, 3.63) is 34.4 Å². The Morgan fingerprint density at radius 2 is 2.20 bits per heavy atom. The molecule has 0 radical (unpaired) electrons. The van der Waals surface area contributed by atoms with E-state index in [4.69, 9.17) is 0 Å². The van der Waals surface area contributed by atoms with Gasteiger partial charge in [-0.1, -0.05) is 17.7 Å². The van der Waals surface area contributed by atoms with Crippen molar-refractivity contribution in [1.82, 2.24) is 5.59 Å². The third kappa shape index (κ3) is 1.72. The lowest BCUT2D eigenvalue weighted by molar-refractivity contribution is -0.384. The highest BCUT2D eigenvalue weighted by Gasteiger charge is 2.26. The van der Waals surface area contributed by atoms with Crippen LogP contribution < -0.4 is 10.6 Å². The number of nitro benzene ring substituents is 1. The van der Waals surface area contributed by atoms with Crippen LogP contribution in [-0.2, 0) is 9.63 Å². The number of para-hydroxylation sites is 2. The van der Waals surface area contributed by atoms with Gasteiger partial charge in [0.2, 0.25) is 0 Å². The third-order valence-electron chi connectivity index (χ3n) is 1.93. The Kier molecular flexibility index (Phi) is 2.22. The van der Waals surface area contributed by atoms with Gasteiger partial charge in [0.05, 0.1) is 4.92 Å². The highest BCUT2D eigenvalue weighted by Crippen LogP contribution is 2.27. The molecule has 1 heterocycles. The molecular formula is C8H7N3O4. The third-order valence-corrected chi connectivity index (χ3v) is 1.93. The van der Waals surface area contributed by atoms with Crippen LogP contribution in [0.1, 0.15) is 0 Å². The van der Waals surface area contributed by atoms with Gasteiger partial charge in [-0.05, 0) is 6.07 Å². The predicted molar refractivity (Wildman–Crippen MR) is 49.7 cm³/mol. The lowest BCUT2D eigenvalue weighted by atomic mass is 10.2. The van der Waals surface area contributed by atoms with Gasteiger partial charge in [0.1, 0.15) is 12.2 Å². The first-order valence-electron chi connectivity index (χ1n) is 4.15. The number of rotatable bonds is 2. The van der Waals surface area contributed by atoms with Gasteiger partial charge in [-0.25, -0.2) is 4.79 Å². The molecule has 1 aromatic rings. The number of hydrazine groups is 1. The van der Waals surface area contributed by atoms with Crippen molar-refractivity contribution in [2.75, 3.05) is 11.6 Å². The Morgan fingerprint density at radius 3 is 2.80 bits per heavy atom. The molecule has 1 aromatic carbocycles. The fraction of sp³-hybridized carbons (Fsp3) is 0.125. The molecule has 0 aliphatic carbocycles. The molecule has 7 heteroatoms. The highest BCUT2D eigenvalue weighted by molar-refractivity contribution is 5.79. The van der Waals surface area contributed by atoms with E-state index >= 15 is 0 Å². The second-order valence-electron chi connectivity index (χ2n) is 2.90. The van der Waals surface area contributed by atoms with Crippen molar-refractivity contribution >= 4 is 17.3 Å². The monoisotopic (exact) mass is 209 g/mol. The van der Waals surface area contributed by atoms with Gasteiger partial charge in [0.15, 0.2) is 0 Å². The molecular weight excluding hydrogens is 202 g/mol. The zero-order valence-electron chi connectivity index (χ0n) is 7.54. The zero-order chi connectivity index (χ0) is 10.8. The van der Waals surface area contributed by atoms with E-state index in [1.165, 1.54) is 17.1 Å². The molecule has 0 bridgehead atoms. The highest BCUT2D eigenvalue weighted by atomic mass is 16.7. The maximum absolute atomic E-state index is 10.8. The van der Waals surface area contributed by atoms with E-state index in [1.54, 1.807) is 12.1 Å². The Bertz CT molecular complexity index is 420. The van der Waals surface area contributed by atoms with E-state index in [0.29, 0.717) is 5.69 Å². The van der Waals surface area contributed by atoms with Gasteiger partial charge in [0.25, 0.3) is 5.69 Å². The van der Waals surface area contributed by atoms with Crippen molar-refractivity contribution in [2.24, 2.45) is 0 Å². The van der Waals surface area contributed by atoms with Crippen LogP contribution in [0.5, 0.6) is 0 Å². The number of anilines is 1. The Labute approximate surface area is 84.3 Å². The SMILES string of the molecule is O=C1CN(c2ccccc2[N+](=O)[O-])NO1. The molecule has 0 spiro atoms. The molecule has 7 nitrogen and oxygen atoms in total. The maximum Gasteiger partial charge on any atom is 0.347 e. The van der Waals surface area contributed by atoms with Gasteiger partial charge in [-0.2, -0.15) is 0 Å². The first kappa shape index (κ1) is 9.41. The van der Waals surface area contributed by atoms with Crippen molar-refractivity contribution in [3.63, 3.8) is 0 Å². The number of hydrogen-bond donors (Lipinski definition) is 1. The van der Waals surface area contributed by atoms with Crippen molar-refractivity contribution < 1.29 is 14.6 Å². The number of carbonyl (C=O) groups is 1. The molecule has 1 aliphatic rings. The van der Waals surface area contributed by atoms with Gasteiger partial charge >= 0.3 is 5.97 Å². The van der Waals surface area contributed by atoms with Crippen molar-refractivity contribution in [2.45, 2.75) is 0 Å². The summed E-state index contributed by atoms with van der Waals surface area (Å²) < 4.78 is 0. The molecule has 2 rings (SSSR count). The summed E-state index contributed by atoms with van der Waals surface area (Å²) in [6.07, 6.45) is 0. The van der Waals surface area contributed by atoms with Crippen LogP contribution in [0, 0.1) is 10.1 Å². The van der Waals surface area contributed by atoms with E-state index in [1.807, 2.05) is 0 Å². The van der Waals surface area contributed by atoms with Gasteiger partial charge in [0, 0.05) is 6.07 Å². The fourth-order valence-corrected chi connectivity index (χ4v) is 1.28. The molecule has 78 valence electrons. The number of nitrogens with one attached hydrogen (secondary N) is 1. The summed E-state index contributed by atoms with van der Waals surface area (Å²) in [6.45, 7) is -0.0507. The standard InChI is InChI=1S/C8H7N3O4/c12-8-5-10(9-15-8)6-3-1-2-4-7(6)11(13)14/h1-4,9H,5H2. The molecule has 0 amide bonds. The normalized spacial score (nSPS) is 15.2. The molecule has 1 saturated heterocycles. The minimum Gasteiger partial charge on any atom is -0.349 e. The van der Waals surface area contributed by atoms with Crippen LogP contribution >= 0.6 is 0 Å². The van der Waals surface area contributed by atoms with E-state index in [-0.39, 0.29) is 12.2 Å². The quantitative estimate of drug-likeness (QED) is 0.559. The van der Waals surface area contributed by atoms with Gasteiger partial charge in [-0.15, -0.1) is 0 Å². The molecule has 15 heavy (non-hydrogen) atoms. The summed E-state index contributed by atoms with van der Waals surface area (Å²) in [7, 11) is 0. The first-order valence-corrected chi connectivity index (χ1v) is 4.15. The Morgan fingerprint density at radius 1 is 1.47 bits per heavy atom. The Balaban J connectivity index is 2.35. The largest absolute Gasteiger partial charge is 0.349 e. The first-order chi connectivity index (χ1) is 7.18. The lowest BCUT2D eigenvalue weighted by Gasteiger charge is -2.13. The minimum atomic E-state index is -0.514. The summed E-state index contributed by atoms with van der Waals surface area (Å²) in [5.41, 5.74) is 2.52. The predicted octanol–water partition coefficient (Wildman–Crippen LogP) is 0.378. The van der Waals surface area contributed by atoms with E-state index < -0.39 is 10.9 Å². The number of nitro groups is 1.